The predicted octanol–water partition coefficient (Wildman–Crippen LogP) is 5.04. The highest BCUT2D eigenvalue weighted by Crippen LogP contribution is 2.38. The molecular formula is C33H39ClN8O2. The molecule has 0 bridgehead atoms. The third-order valence-electron chi connectivity index (χ3n) is 9.09. The minimum atomic E-state index is -0.304. The number of anilines is 2. The van der Waals surface area contributed by atoms with Gasteiger partial charge in [0.2, 0.25) is 0 Å². The zero-order valence-electron chi connectivity index (χ0n) is 26.0. The molecule has 6 rings (SSSR count). The Bertz CT molecular complexity index is 1630. The number of likely N-dealkylation sites (N-methyl/N-ethyl adjacent to an activating group) is 2. The van der Waals surface area contributed by atoms with Gasteiger partial charge in [-0.3, -0.25) is 19.4 Å². The molecule has 44 heavy (non-hydrogen) atoms. The molecule has 0 fully saturated rings. The standard InChI is InChI=1S/C33H39ClN8O2/c1-6-41-16-14-27-25(18-41)35-30(39(27)4)32(43)37-23-12-8-10-21(20(23)3)22-11-9-13-24(29(22)34)38-33(44)31-36-26-19-42(7-2)17-15-28(26)40(31)5/h8-13H,6-7,14-19H2,1-5H3,(H,37,43)(H,38,44). The van der Waals surface area contributed by atoms with E-state index in [2.05, 4.69) is 39.3 Å². The van der Waals surface area contributed by atoms with E-state index in [1.54, 1.807) is 6.07 Å². The summed E-state index contributed by atoms with van der Waals surface area (Å²) in [6.07, 6.45) is 1.74. The number of carbonyl (C=O) groups is 2. The number of aromatic nitrogens is 4. The Labute approximate surface area is 263 Å². The lowest BCUT2D eigenvalue weighted by Crippen LogP contribution is -2.30. The highest BCUT2D eigenvalue weighted by molar-refractivity contribution is 6.36. The summed E-state index contributed by atoms with van der Waals surface area (Å²) < 4.78 is 3.81. The van der Waals surface area contributed by atoms with Crippen LogP contribution in [0.25, 0.3) is 11.1 Å². The highest BCUT2D eigenvalue weighted by atomic mass is 35.5. The summed E-state index contributed by atoms with van der Waals surface area (Å²) >= 11 is 6.93. The average Bonchev–Trinajstić information content (AvgIpc) is 3.54. The van der Waals surface area contributed by atoms with E-state index in [-0.39, 0.29) is 11.8 Å². The summed E-state index contributed by atoms with van der Waals surface area (Å²) in [4.78, 5) is 40.9. The van der Waals surface area contributed by atoms with E-state index in [9.17, 15) is 9.59 Å². The maximum atomic E-state index is 13.4. The van der Waals surface area contributed by atoms with Crippen molar-refractivity contribution in [3.05, 3.63) is 81.4 Å². The third kappa shape index (κ3) is 5.42. The first kappa shape index (κ1) is 30.1. The zero-order valence-corrected chi connectivity index (χ0v) is 26.8. The fraction of sp³-hybridized carbons (Fsp3) is 0.394. The molecule has 0 radical (unpaired) electrons. The van der Waals surface area contributed by atoms with Crippen LogP contribution in [0, 0.1) is 6.92 Å². The molecule has 2 aromatic heterocycles. The average molecular weight is 615 g/mol. The molecule has 4 heterocycles. The maximum absolute atomic E-state index is 13.4. The molecule has 0 unspecified atom stereocenters. The molecule has 10 nitrogen and oxygen atoms in total. The smallest absolute Gasteiger partial charge is 0.291 e. The third-order valence-corrected chi connectivity index (χ3v) is 9.50. The Morgan fingerprint density at radius 2 is 1.25 bits per heavy atom. The lowest BCUT2D eigenvalue weighted by molar-refractivity contribution is 0.100. The zero-order chi connectivity index (χ0) is 31.1. The van der Waals surface area contributed by atoms with Crippen molar-refractivity contribution >= 4 is 34.8 Å². The van der Waals surface area contributed by atoms with Crippen molar-refractivity contribution in [3.8, 4) is 11.1 Å². The number of carbonyl (C=O) groups excluding carboxylic acids is 2. The number of fused-ring (bicyclic) bond motifs is 2. The quantitative estimate of drug-likeness (QED) is 0.302. The van der Waals surface area contributed by atoms with Crippen molar-refractivity contribution in [2.45, 2.75) is 46.7 Å². The molecule has 0 aliphatic carbocycles. The maximum Gasteiger partial charge on any atom is 0.291 e. The minimum absolute atomic E-state index is 0.253. The summed E-state index contributed by atoms with van der Waals surface area (Å²) in [5.41, 5.74) is 7.78. The Morgan fingerprint density at radius 1 is 0.773 bits per heavy atom. The van der Waals surface area contributed by atoms with Gasteiger partial charge in [0.05, 0.1) is 22.1 Å². The van der Waals surface area contributed by atoms with Gasteiger partial charge >= 0.3 is 0 Å². The van der Waals surface area contributed by atoms with Crippen LogP contribution in [0.3, 0.4) is 0 Å². The summed E-state index contributed by atoms with van der Waals surface area (Å²) in [5, 5.41) is 6.48. The number of halogens is 1. The summed E-state index contributed by atoms with van der Waals surface area (Å²) in [6, 6.07) is 11.3. The van der Waals surface area contributed by atoms with Gasteiger partial charge in [0, 0.05) is 75.8 Å². The van der Waals surface area contributed by atoms with Crippen LogP contribution in [0.1, 0.15) is 63.4 Å². The van der Waals surface area contributed by atoms with E-state index in [4.69, 9.17) is 16.6 Å². The van der Waals surface area contributed by atoms with Gasteiger partial charge in [0.15, 0.2) is 11.6 Å². The molecule has 4 aromatic rings. The van der Waals surface area contributed by atoms with Crippen molar-refractivity contribution in [2.75, 3.05) is 36.8 Å². The second-order valence-corrected chi connectivity index (χ2v) is 11.9. The topological polar surface area (TPSA) is 100 Å². The molecule has 2 aromatic carbocycles. The largest absolute Gasteiger partial charge is 0.327 e. The SMILES string of the molecule is CCN1CCc2c(nc(C(=O)Nc3cccc(-c4cccc(NC(=O)c5nc6c(n5C)CCN(CC)C6)c4Cl)c3C)n2C)C1. The second kappa shape index (κ2) is 12.2. The summed E-state index contributed by atoms with van der Waals surface area (Å²) in [6.45, 7) is 11.6. The monoisotopic (exact) mass is 614 g/mol. The first-order valence-electron chi connectivity index (χ1n) is 15.2. The van der Waals surface area contributed by atoms with Crippen LogP contribution < -0.4 is 10.6 Å². The van der Waals surface area contributed by atoms with Crippen LogP contribution in [0.4, 0.5) is 11.4 Å². The molecule has 2 amide bonds. The van der Waals surface area contributed by atoms with Crippen molar-refractivity contribution in [2.24, 2.45) is 14.1 Å². The number of imidazole rings is 2. The van der Waals surface area contributed by atoms with Crippen LogP contribution in [0.2, 0.25) is 5.02 Å². The number of nitrogens with one attached hydrogen (secondary N) is 2. The van der Waals surface area contributed by atoms with Crippen LogP contribution in [-0.4, -0.2) is 66.9 Å². The van der Waals surface area contributed by atoms with Crippen molar-refractivity contribution in [1.29, 1.82) is 0 Å². The lowest BCUT2D eigenvalue weighted by atomic mass is 9.98. The minimum Gasteiger partial charge on any atom is -0.327 e. The van der Waals surface area contributed by atoms with Crippen LogP contribution in [0.5, 0.6) is 0 Å². The van der Waals surface area contributed by atoms with E-state index in [1.165, 1.54) is 0 Å². The lowest BCUT2D eigenvalue weighted by Gasteiger charge is -2.24. The van der Waals surface area contributed by atoms with E-state index in [0.29, 0.717) is 28.0 Å². The van der Waals surface area contributed by atoms with Gasteiger partial charge < -0.3 is 19.8 Å². The van der Waals surface area contributed by atoms with Gasteiger partial charge in [0.1, 0.15) is 0 Å². The number of nitrogens with zero attached hydrogens (tertiary/aromatic N) is 6. The Hall–Kier alpha value is -3.99. The Morgan fingerprint density at radius 3 is 1.77 bits per heavy atom. The molecule has 2 N–H and O–H groups in total. The number of amides is 2. The molecule has 0 saturated heterocycles. The molecule has 230 valence electrons. The van der Waals surface area contributed by atoms with E-state index >= 15 is 0 Å². The molecule has 2 aliphatic rings. The molecule has 0 saturated carbocycles. The summed E-state index contributed by atoms with van der Waals surface area (Å²) in [7, 11) is 3.80. The fourth-order valence-electron chi connectivity index (χ4n) is 6.37. The van der Waals surface area contributed by atoms with Crippen LogP contribution >= 0.6 is 11.6 Å². The van der Waals surface area contributed by atoms with Gasteiger partial charge in [-0.2, -0.15) is 0 Å². The number of hydrogen-bond acceptors (Lipinski definition) is 6. The van der Waals surface area contributed by atoms with Gasteiger partial charge in [-0.1, -0.05) is 49.7 Å². The van der Waals surface area contributed by atoms with E-state index < -0.39 is 0 Å². The number of hydrogen-bond donors (Lipinski definition) is 2. The molecule has 0 atom stereocenters. The van der Waals surface area contributed by atoms with Gasteiger partial charge in [-0.05, 0) is 43.3 Å². The van der Waals surface area contributed by atoms with Gasteiger partial charge in [0.25, 0.3) is 11.8 Å². The Balaban J connectivity index is 1.23. The van der Waals surface area contributed by atoms with Crippen LogP contribution in [0.15, 0.2) is 36.4 Å². The van der Waals surface area contributed by atoms with Crippen LogP contribution in [-0.2, 0) is 40.0 Å². The molecular weight excluding hydrogens is 576 g/mol. The number of rotatable bonds is 7. The normalized spacial score (nSPS) is 15.1. The van der Waals surface area contributed by atoms with Crippen molar-refractivity contribution in [3.63, 3.8) is 0 Å². The van der Waals surface area contributed by atoms with Crippen molar-refractivity contribution in [1.82, 2.24) is 28.9 Å². The second-order valence-electron chi connectivity index (χ2n) is 11.6. The van der Waals surface area contributed by atoms with E-state index in [1.807, 2.05) is 60.5 Å². The number of benzene rings is 2. The Kier molecular flexibility index (Phi) is 8.32. The van der Waals surface area contributed by atoms with Gasteiger partial charge in [-0.25, -0.2) is 9.97 Å². The molecule has 2 aliphatic heterocycles. The molecule has 0 spiro atoms. The first-order valence-corrected chi connectivity index (χ1v) is 15.6. The predicted molar refractivity (Wildman–Crippen MR) is 173 cm³/mol. The van der Waals surface area contributed by atoms with Crippen molar-refractivity contribution < 1.29 is 9.59 Å². The fourth-order valence-corrected chi connectivity index (χ4v) is 6.64. The molecule has 11 heteroatoms. The van der Waals surface area contributed by atoms with E-state index in [0.717, 1.165) is 91.6 Å². The van der Waals surface area contributed by atoms with Gasteiger partial charge in [-0.15, -0.1) is 0 Å². The highest BCUT2D eigenvalue weighted by Gasteiger charge is 2.27. The first-order chi connectivity index (χ1) is 21.2. The summed E-state index contributed by atoms with van der Waals surface area (Å²) in [5.74, 6) is 0.214.